The van der Waals surface area contributed by atoms with Gasteiger partial charge < -0.3 is 10.2 Å². The molecule has 2 aromatic rings. The molecule has 0 radical (unpaired) electrons. The van der Waals surface area contributed by atoms with Gasteiger partial charge in [-0.05, 0) is 22.0 Å². The van der Waals surface area contributed by atoms with Crippen LogP contribution in [0.25, 0.3) is 11.3 Å². The quantitative estimate of drug-likeness (QED) is 0.784. The summed E-state index contributed by atoms with van der Waals surface area (Å²) >= 11 is 3.26. The monoisotopic (exact) mass is 227 g/mol. The molecule has 0 amide bonds. The van der Waals surface area contributed by atoms with Crippen molar-refractivity contribution in [3.8, 4) is 11.3 Å². The van der Waals surface area contributed by atoms with Crippen LogP contribution < -0.4 is 5.73 Å². The van der Waals surface area contributed by atoms with E-state index in [9.17, 15) is 0 Å². The van der Waals surface area contributed by atoms with Gasteiger partial charge in [-0.25, -0.2) is 0 Å². The van der Waals surface area contributed by atoms with Crippen LogP contribution in [0.1, 0.15) is 0 Å². The highest BCUT2D eigenvalue weighted by Crippen LogP contribution is 2.28. The lowest BCUT2D eigenvalue weighted by atomic mass is 10.2. The lowest BCUT2D eigenvalue weighted by Crippen LogP contribution is -1.81. The van der Waals surface area contributed by atoms with Crippen LogP contribution in [0.15, 0.2) is 27.5 Å². The van der Waals surface area contributed by atoms with E-state index in [4.69, 9.17) is 10.2 Å². The summed E-state index contributed by atoms with van der Waals surface area (Å²) in [6.45, 7) is 0. The number of halogens is 1. The average molecular weight is 228 g/mol. The number of aromatic nitrogens is 2. The molecule has 0 atom stereocenters. The molecule has 0 aromatic carbocycles. The van der Waals surface area contributed by atoms with E-state index in [-0.39, 0.29) is 0 Å². The fourth-order valence-corrected chi connectivity index (χ4v) is 1.42. The van der Waals surface area contributed by atoms with E-state index in [0.29, 0.717) is 10.5 Å². The molecule has 0 unspecified atom stereocenters. The number of furan rings is 1. The maximum atomic E-state index is 5.45. The minimum absolute atomic E-state index is 0.470. The number of hydrogen-bond donors (Lipinski definition) is 2. The zero-order valence-corrected chi connectivity index (χ0v) is 7.63. The Bertz CT molecular complexity index is 393. The predicted molar refractivity (Wildman–Crippen MR) is 48.4 cm³/mol. The summed E-state index contributed by atoms with van der Waals surface area (Å²) in [5.41, 5.74) is 7.20. The molecule has 0 aliphatic carbocycles. The molecule has 0 saturated carbocycles. The molecule has 5 heteroatoms. The second-order valence-corrected chi connectivity index (χ2v) is 3.03. The third kappa shape index (κ3) is 1.12. The molecule has 12 heavy (non-hydrogen) atoms. The number of nitrogens with zero attached hydrogens (tertiary/aromatic N) is 1. The highest BCUT2D eigenvalue weighted by Gasteiger charge is 2.07. The summed E-state index contributed by atoms with van der Waals surface area (Å²) < 4.78 is 5.73. The first kappa shape index (κ1) is 7.42. The number of aromatic amines is 1. The second kappa shape index (κ2) is 2.67. The van der Waals surface area contributed by atoms with Crippen LogP contribution in [0, 0.1) is 0 Å². The van der Waals surface area contributed by atoms with Crippen LogP contribution in [0.2, 0.25) is 0 Å². The Balaban J connectivity index is 2.50. The molecule has 3 N–H and O–H groups in total. The van der Waals surface area contributed by atoms with Crippen molar-refractivity contribution < 1.29 is 4.42 Å². The van der Waals surface area contributed by atoms with Crippen molar-refractivity contribution in [2.45, 2.75) is 0 Å². The van der Waals surface area contributed by atoms with Crippen molar-refractivity contribution in [1.29, 1.82) is 0 Å². The minimum Gasteiger partial charge on any atom is -0.457 e. The zero-order chi connectivity index (χ0) is 8.55. The number of nitrogens with two attached hydrogens (primary N) is 1. The Labute approximate surface area is 76.9 Å². The number of H-pyrrole nitrogens is 1. The normalized spacial score (nSPS) is 10.4. The molecule has 0 aliphatic heterocycles. The third-order valence-electron chi connectivity index (χ3n) is 1.51. The summed E-state index contributed by atoms with van der Waals surface area (Å²) in [6, 6.07) is 3.58. The van der Waals surface area contributed by atoms with Crippen molar-refractivity contribution in [1.82, 2.24) is 10.2 Å². The van der Waals surface area contributed by atoms with Gasteiger partial charge in [0.25, 0.3) is 0 Å². The van der Waals surface area contributed by atoms with Gasteiger partial charge in [-0.3, -0.25) is 5.10 Å². The Morgan fingerprint density at radius 1 is 1.58 bits per heavy atom. The number of anilines is 1. The van der Waals surface area contributed by atoms with E-state index in [1.54, 1.807) is 12.3 Å². The molecule has 2 aromatic heterocycles. The van der Waals surface area contributed by atoms with Gasteiger partial charge in [0.05, 0.1) is 17.5 Å². The van der Waals surface area contributed by atoms with Crippen molar-refractivity contribution in [3.05, 3.63) is 23.1 Å². The van der Waals surface area contributed by atoms with Gasteiger partial charge in [-0.2, -0.15) is 5.10 Å². The molecule has 0 bridgehead atoms. The van der Waals surface area contributed by atoms with Crippen LogP contribution >= 0.6 is 15.9 Å². The van der Waals surface area contributed by atoms with Crippen molar-refractivity contribution >= 4 is 21.7 Å². The summed E-state index contributed by atoms with van der Waals surface area (Å²) in [4.78, 5) is 0. The van der Waals surface area contributed by atoms with Crippen molar-refractivity contribution in [2.75, 3.05) is 5.73 Å². The van der Waals surface area contributed by atoms with Gasteiger partial charge in [-0.15, -0.1) is 0 Å². The highest BCUT2D eigenvalue weighted by atomic mass is 79.9. The Morgan fingerprint density at radius 2 is 2.42 bits per heavy atom. The maximum Gasteiger partial charge on any atom is 0.178 e. The van der Waals surface area contributed by atoms with E-state index >= 15 is 0 Å². The molecule has 62 valence electrons. The smallest absolute Gasteiger partial charge is 0.178 e. The van der Waals surface area contributed by atoms with E-state index in [1.165, 1.54) is 0 Å². The number of nitrogens with one attached hydrogen (secondary N) is 1. The molecular weight excluding hydrogens is 222 g/mol. The van der Waals surface area contributed by atoms with Gasteiger partial charge >= 0.3 is 0 Å². The fourth-order valence-electron chi connectivity index (χ4n) is 0.962. The van der Waals surface area contributed by atoms with Gasteiger partial charge in [-0.1, -0.05) is 0 Å². The Kier molecular flexibility index (Phi) is 1.65. The van der Waals surface area contributed by atoms with Gasteiger partial charge in [0.2, 0.25) is 0 Å². The lowest BCUT2D eigenvalue weighted by Gasteiger charge is -1.89. The maximum absolute atomic E-state index is 5.45. The van der Waals surface area contributed by atoms with Crippen LogP contribution in [0.5, 0.6) is 0 Å². The van der Waals surface area contributed by atoms with Gasteiger partial charge in [0, 0.05) is 6.07 Å². The predicted octanol–water partition coefficient (Wildman–Crippen LogP) is 2.01. The summed E-state index contributed by atoms with van der Waals surface area (Å²) in [5, 5.41) is 6.59. The number of rotatable bonds is 1. The third-order valence-corrected chi connectivity index (χ3v) is 2.12. The minimum atomic E-state index is 0.470. The van der Waals surface area contributed by atoms with Crippen LogP contribution in [0.3, 0.4) is 0 Å². The van der Waals surface area contributed by atoms with E-state index in [0.717, 1.165) is 11.3 Å². The Hall–Kier alpha value is -1.23. The highest BCUT2D eigenvalue weighted by molar-refractivity contribution is 9.10. The molecule has 2 heterocycles. The molecule has 0 saturated heterocycles. The molecule has 0 spiro atoms. The average Bonchev–Trinajstić information content (AvgIpc) is 2.58. The van der Waals surface area contributed by atoms with E-state index in [2.05, 4.69) is 26.1 Å². The summed E-state index contributed by atoms with van der Waals surface area (Å²) in [6.07, 6.45) is 1.59. The van der Waals surface area contributed by atoms with Crippen molar-refractivity contribution in [2.24, 2.45) is 0 Å². The first-order chi connectivity index (χ1) is 5.77. The SMILES string of the molecule is Nc1cc(-c2ccoc2Br)[nH]n1. The Morgan fingerprint density at radius 3 is 2.92 bits per heavy atom. The zero-order valence-electron chi connectivity index (χ0n) is 6.04. The second-order valence-electron chi connectivity index (χ2n) is 2.31. The van der Waals surface area contributed by atoms with Crippen LogP contribution in [-0.4, -0.2) is 10.2 Å². The molecule has 0 aliphatic rings. The number of nitrogen functional groups attached to an aromatic ring is 1. The first-order valence-corrected chi connectivity index (χ1v) is 4.11. The largest absolute Gasteiger partial charge is 0.457 e. The lowest BCUT2D eigenvalue weighted by molar-refractivity contribution is 0.542. The molecule has 2 rings (SSSR count). The van der Waals surface area contributed by atoms with E-state index in [1.807, 2.05) is 6.07 Å². The van der Waals surface area contributed by atoms with Gasteiger partial charge in [0.15, 0.2) is 4.67 Å². The van der Waals surface area contributed by atoms with Crippen LogP contribution in [-0.2, 0) is 0 Å². The number of hydrogen-bond acceptors (Lipinski definition) is 3. The molecule has 0 fully saturated rings. The summed E-state index contributed by atoms with van der Waals surface area (Å²) in [5.74, 6) is 0.470. The fraction of sp³-hybridized carbons (Fsp3) is 0. The van der Waals surface area contributed by atoms with Gasteiger partial charge in [0.1, 0.15) is 5.82 Å². The van der Waals surface area contributed by atoms with Crippen LogP contribution in [0.4, 0.5) is 5.82 Å². The standard InChI is InChI=1S/C7H6BrN3O/c8-7-4(1-2-12-7)5-3-6(9)11-10-5/h1-3H,(H3,9,10,11). The topological polar surface area (TPSA) is 67.8 Å². The molecule has 4 nitrogen and oxygen atoms in total. The van der Waals surface area contributed by atoms with Crippen molar-refractivity contribution in [3.63, 3.8) is 0 Å². The molecular formula is C7H6BrN3O. The first-order valence-electron chi connectivity index (χ1n) is 3.31. The summed E-state index contributed by atoms with van der Waals surface area (Å²) in [7, 11) is 0. The van der Waals surface area contributed by atoms with E-state index < -0.39 is 0 Å².